The minimum atomic E-state index is -4.41. The molecule has 0 radical (unpaired) electrons. The molecular weight excluding hydrogens is 395 g/mol. The zero-order valence-corrected chi connectivity index (χ0v) is 22.5. The summed E-state index contributed by atoms with van der Waals surface area (Å²) in [6.07, 6.45) is 20.2. The molecule has 29 heavy (non-hydrogen) atoms. The van der Waals surface area contributed by atoms with Crippen molar-refractivity contribution in [3.63, 3.8) is 0 Å². The predicted octanol–water partition coefficient (Wildman–Crippen LogP) is 3.72. The van der Waals surface area contributed by atoms with E-state index >= 15 is 0 Å². The van der Waals surface area contributed by atoms with Gasteiger partial charge >= 0.3 is 29.6 Å². The van der Waals surface area contributed by atoms with E-state index in [-0.39, 0.29) is 29.6 Å². The molecule has 0 aromatic heterocycles. The fourth-order valence-electron chi connectivity index (χ4n) is 3.85. The average molecular weight is 443 g/mol. The van der Waals surface area contributed by atoms with Gasteiger partial charge in [-0.2, -0.15) is 0 Å². The second-order valence-electron chi connectivity index (χ2n) is 8.48. The maximum Gasteiger partial charge on any atom is 1.00 e. The van der Waals surface area contributed by atoms with Crippen molar-refractivity contribution in [2.45, 2.75) is 147 Å². The van der Waals surface area contributed by atoms with Gasteiger partial charge in [0.25, 0.3) is 0 Å². The van der Waals surface area contributed by atoms with Crippen LogP contribution in [-0.4, -0.2) is 29.4 Å². The largest absolute Gasteiger partial charge is 1.00 e. The molecule has 0 heterocycles. The molecule has 4 nitrogen and oxygen atoms in total. The standard InChI is InChI=1S/C23H48O4S.Na/c1-3-5-7-8-9-10-11-12-13-14-15-16-17-18-19-21-23(28(25,26)27)22(24)20-6-4-2;/h22-24H,3-21H2,1-2H3,(H,25,26,27);/q;+1/p-1. The number of rotatable bonds is 21. The third kappa shape index (κ3) is 20.5. The van der Waals surface area contributed by atoms with Crippen LogP contribution in [-0.2, 0) is 10.1 Å². The van der Waals surface area contributed by atoms with Crippen LogP contribution in [0.2, 0.25) is 0 Å². The molecule has 2 unspecified atom stereocenters. The van der Waals surface area contributed by atoms with Gasteiger partial charge in [-0.25, -0.2) is 8.42 Å². The molecular formula is C23H47NaO4S. The Morgan fingerprint density at radius 3 is 1.31 bits per heavy atom. The van der Waals surface area contributed by atoms with Crippen LogP contribution in [0.5, 0.6) is 0 Å². The van der Waals surface area contributed by atoms with Gasteiger partial charge in [0.1, 0.15) is 10.1 Å². The van der Waals surface area contributed by atoms with E-state index in [9.17, 15) is 18.1 Å². The van der Waals surface area contributed by atoms with Crippen molar-refractivity contribution < 1.29 is 47.6 Å². The zero-order chi connectivity index (χ0) is 21.1. The van der Waals surface area contributed by atoms with Gasteiger partial charge in [-0.3, -0.25) is 0 Å². The van der Waals surface area contributed by atoms with Crippen molar-refractivity contribution in [1.29, 1.82) is 0 Å². The van der Waals surface area contributed by atoms with Crippen molar-refractivity contribution in [1.82, 2.24) is 0 Å². The Morgan fingerprint density at radius 1 is 0.621 bits per heavy atom. The molecule has 170 valence electrons. The Morgan fingerprint density at radius 2 is 0.966 bits per heavy atom. The number of aliphatic hydroxyl groups is 1. The second-order valence-corrected chi connectivity index (χ2v) is 10.1. The van der Waals surface area contributed by atoms with E-state index in [1.54, 1.807) is 0 Å². The third-order valence-corrected chi connectivity index (χ3v) is 7.04. The van der Waals surface area contributed by atoms with E-state index in [0.717, 1.165) is 25.7 Å². The smallest absolute Gasteiger partial charge is 0.748 e. The molecule has 0 amide bonds. The van der Waals surface area contributed by atoms with Crippen LogP contribution in [0.15, 0.2) is 0 Å². The van der Waals surface area contributed by atoms with Crippen LogP contribution in [0.3, 0.4) is 0 Å². The Balaban J connectivity index is 0. The minimum Gasteiger partial charge on any atom is -0.748 e. The maximum atomic E-state index is 11.4. The van der Waals surface area contributed by atoms with E-state index in [1.165, 1.54) is 77.0 Å². The van der Waals surface area contributed by atoms with Crippen LogP contribution in [0.25, 0.3) is 0 Å². The Hall–Kier alpha value is 0.870. The first-order chi connectivity index (χ1) is 13.4. The summed E-state index contributed by atoms with van der Waals surface area (Å²) >= 11 is 0. The minimum absolute atomic E-state index is 0. The van der Waals surface area contributed by atoms with Crippen LogP contribution >= 0.6 is 0 Å². The summed E-state index contributed by atoms with van der Waals surface area (Å²) in [7, 11) is -4.41. The van der Waals surface area contributed by atoms with Gasteiger partial charge in [0.2, 0.25) is 0 Å². The molecule has 0 aliphatic heterocycles. The number of hydrogen-bond donors (Lipinski definition) is 1. The second kappa shape index (κ2) is 22.1. The van der Waals surface area contributed by atoms with Crippen LogP contribution in [0, 0.1) is 0 Å². The Kier molecular flexibility index (Phi) is 24.4. The Bertz CT molecular complexity index is 429. The molecule has 0 saturated carbocycles. The van der Waals surface area contributed by atoms with Crippen LogP contribution < -0.4 is 29.6 Å². The molecule has 0 spiro atoms. The first-order valence-corrected chi connectivity index (χ1v) is 13.5. The summed E-state index contributed by atoms with van der Waals surface area (Å²) in [5.74, 6) is 0. The average Bonchev–Trinajstić information content (AvgIpc) is 2.64. The summed E-state index contributed by atoms with van der Waals surface area (Å²) in [6.45, 7) is 4.24. The number of aliphatic hydroxyl groups excluding tert-OH is 1. The van der Waals surface area contributed by atoms with Crippen LogP contribution in [0.1, 0.15) is 136 Å². The molecule has 0 aliphatic carbocycles. The number of unbranched alkanes of at least 4 members (excludes halogenated alkanes) is 15. The van der Waals surface area contributed by atoms with Crippen molar-refractivity contribution in [3.05, 3.63) is 0 Å². The van der Waals surface area contributed by atoms with Crippen LogP contribution in [0.4, 0.5) is 0 Å². The van der Waals surface area contributed by atoms with Gasteiger partial charge in [-0.1, -0.05) is 123 Å². The molecule has 0 saturated heterocycles. The molecule has 0 rings (SSSR count). The maximum absolute atomic E-state index is 11.4. The summed E-state index contributed by atoms with van der Waals surface area (Å²) in [4.78, 5) is 0. The third-order valence-electron chi connectivity index (χ3n) is 5.75. The predicted molar refractivity (Wildman–Crippen MR) is 119 cm³/mol. The fraction of sp³-hybridized carbons (Fsp3) is 1.00. The van der Waals surface area contributed by atoms with Gasteiger partial charge in [0.15, 0.2) is 0 Å². The van der Waals surface area contributed by atoms with Gasteiger partial charge in [-0.15, -0.1) is 0 Å². The molecule has 2 atom stereocenters. The molecule has 0 aromatic carbocycles. The molecule has 0 fully saturated rings. The van der Waals surface area contributed by atoms with E-state index < -0.39 is 21.5 Å². The monoisotopic (exact) mass is 442 g/mol. The molecule has 0 bridgehead atoms. The van der Waals surface area contributed by atoms with E-state index in [4.69, 9.17) is 0 Å². The van der Waals surface area contributed by atoms with E-state index in [1.807, 2.05) is 6.92 Å². The van der Waals surface area contributed by atoms with Gasteiger partial charge in [0, 0.05) is 0 Å². The van der Waals surface area contributed by atoms with Gasteiger partial charge in [0.05, 0.1) is 11.4 Å². The SMILES string of the molecule is CCCCCCCCCCCCCCCCCC(C(O)CCCC)S(=O)(=O)[O-].[Na+]. The zero-order valence-electron chi connectivity index (χ0n) is 19.7. The van der Waals surface area contributed by atoms with E-state index in [2.05, 4.69) is 6.92 Å². The topological polar surface area (TPSA) is 77.4 Å². The van der Waals surface area contributed by atoms with Crippen molar-refractivity contribution in [2.24, 2.45) is 0 Å². The summed E-state index contributed by atoms with van der Waals surface area (Å²) in [5.41, 5.74) is 0. The summed E-state index contributed by atoms with van der Waals surface area (Å²) in [6, 6.07) is 0. The number of hydrogen-bond acceptors (Lipinski definition) is 4. The quantitative estimate of drug-likeness (QED) is 0.167. The fourth-order valence-corrected chi connectivity index (χ4v) is 4.82. The van der Waals surface area contributed by atoms with Gasteiger partial charge < -0.3 is 9.66 Å². The first kappa shape index (κ1) is 32.1. The van der Waals surface area contributed by atoms with Gasteiger partial charge in [-0.05, 0) is 12.8 Å². The first-order valence-electron chi connectivity index (χ1n) is 12.1. The summed E-state index contributed by atoms with van der Waals surface area (Å²) in [5, 5.41) is 8.89. The molecule has 6 heteroatoms. The Labute approximate surface area is 204 Å². The summed E-state index contributed by atoms with van der Waals surface area (Å²) < 4.78 is 34.2. The van der Waals surface area contributed by atoms with Crippen molar-refractivity contribution >= 4 is 10.1 Å². The molecule has 0 aliphatic rings. The normalized spacial score (nSPS) is 13.8. The molecule has 1 N–H and O–H groups in total. The van der Waals surface area contributed by atoms with Crippen molar-refractivity contribution in [2.75, 3.05) is 0 Å². The van der Waals surface area contributed by atoms with Crippen molar-refractivity contribution in [3.8, 4) is 0 Å². The molecule has 0 aromatic rings. The van der Waals surface area contributed by atoms with E-state index in [0.29, 0.717) is 19.3 Å².